The van der Waals surface area contributed by atoms with E-state index >= 15 is 0 Å². The topological polar surface area (TPSA) is 67.8 Å². The van der Waals surface area contributed by atoms with Crippen molar-refractivity contribution >= 4 is 5.91 Å². The number of morpholine rings is 1. The first-order chi connectivity index (χ1) is 15.7. The van der Waals surface area contributed by atoms with E-state index in [1.165, 1.54) is 5.56 Å². The van der Waals surface area contributed by atoms with Crippen molar-refractivity contribution in [3.05, 3.63) is 71.8 Å². The molecule has 0 N–H and O–H groups in total. The average molecular weight is 437 g/mol. The highest BCUT2D eigenvalue weighted by Gasteiger charge is 2.45. The van der Waals surface area contributed by atoms with Gasteiger partial charge in [0.1, 0.15) is 5.82 Å². The molecule has 7 nitrogen and oxygen atoms in total. The number of benzene rings is 1. The predicted molar refractivity (Wildman–Crippen MR) is 122 cm³/mol. The van der Waals surface area contributed by atoms with Gasteiger partial charge in [-0.15, -0.1) is 0 Å². The van der Waals surface area contributed by atoms with Crippen LogP contribution in [0.4, 0.5) is 0 Å². The zero-order valence-electron chi connectivity index (χ0n) is 18.8. The van der Waals surface area contributed by atoms with Gasteiger partial charge < -0.3 is 14.4 Å². The van der Waals surface area contributed by atoms with Crippen LogP contribution < -0.4 is 0 Å². The fourth-order valence-corrected chi connectivity index (χ4v) is 4.32. The number of rotatable bonds is 8. The van der Waals surface area contributed by atoms with E-state index in [1.807, 2.05) is 35.5 Å². The first-order valence-electron chi connectivity index (χ1n) is 11.3. The second-order valence-corrected chi connectivity index (χ2v) is 8.47. The minimum Gasteiger partial charge on any atom is -0.384 e. The molecule has 7 heteroatoms. The van der Waals surface area contributed by atoms with Crippen LogP contribution in [-0.4, -0.2) is 77.8 Å². The lowest BCUT2D eigenvalue weighted by atomic mass is 9.95. The van der Waals surface area contributed by atoms with Crippen molar-refractivity contribution in [2.45, 2.75) is 31.4 Å². The molecule has 1 aromatic carbocycles. The molecule has 0 radical (unpaired) electrons. The summed E-state index contributed by atoms with van der Waals surface area (Å²) in [4.78, 5) is 26.7. The molecule has 1 fully saturated rings. The Morgan fingerprint density at radius 2 is 1.91 bits per heavy atom. The number of hydrogen-bond acceptors (Lipinski definition) is 6. The van der Waals surface area contributed by atoms with Crippen molar-refractivity contribution in [3.63, 3.8) is 0 Å². The molecule has 3 heterocycles. The molecule has 1 aromatic heterocycles. The van der Waals surface area contributed by atoms with Gasteiger partial charge in [-0.3, -0.25) is 9.69 Å². The summed E-state index contributed by atoms with van der Waals surface area (Å²) in [7, 11) is 1.68. The number of ether oxygens (including phenoxy) is 2. The number of nitrogens with zero attached hydrogens (tertiary/aromatic N) is 4. The van der Waals surface area contributed by atoms with Gasteiger partial charge in [-0.05, 0) is 12.0 Å². The zero-order valence-corrected chi connectivity index (χ0v) is 18.8. The molecule has 0 saturated carbocycles. The largest absolute Gasteiger partial charge is 0.384 e. The van der Waals surface area contributed by atoms with Gasteiger partial charge in [0.2, 0.25) is 0 Å². The van der Waals surface area contributed by atoms with Crippen molar-refractivity contribution in [1.82, 2.24) is 19.8 Å². The molecule has 1 spiro atoms. The van der Waals surface area contributed by atoms with Crippen LogP contribution in [0.15, 0.2) is 54.9 Å². The Hall–Kier alpha value is -2.61. The van der Waals surface area contributed by atoms with E-state index in [1.54, 1.807) is 7.11 Å². The quantitative estimate of drug-likeness (QED) is 0.592. The third kappa shape index (κ3) is 5.59. The summed E-state index contributed by atoms with van der Waals surface area (Å²) < 4.78 is 11.3. The lowest BCUT2D eigenvalue weighted by Crippen LogP contribution is -2.60. The fourth-order valence-electron chi connectivity index (χ4n) is 4.32. The molecule has 1 unspecified atom stereocenters. The smallest absolute Gasteiger partial charge is 0.256 e. The van der Waals surface area contributed by atoms with Crippen molar-refractivity contribution in [3.8, 4) is 0 Å². The minimum atomic E-state index is -0.818. The average Bonchev–Trinajstić information content (AvgIpc) is 2.97. The maximum absolute atomic E-state index is 13.6. The number of carbonyl (C=O) groups is 1. The van der Waals surface area contributed by atoms with Crippen molar-refractivity contribution in [1.29, 1.82) is 0 Å². The number of amides is 1. The molecule has 0 aliphatic carbocycles. The van der Waals surface area contributed by atoms with Crippen LogP contribution in [0.3, 0.4) is 0 Å². The number of aromatic nitrogens is 2. The summed E-state index contributed by atoms with van der Waals surface area (Å²) in [5.41, 5.74) is 1.46. The maximum Gasteiger partial charge on any atom is 0.256 e. The molecular weight excluding hydrogens is 404 g/mol. The first kappa shape index (κ1) is 22.6. The number of methoxy groups -OCH3 is 1. The Kier molecular flexibility index (Phi) is 7.63. The van der Waals surface area contributed by atoms with Crippen LogP contribution in [0, 0.1) is 0 Å². The third-order valence-corrected chi connectivity index (χ3v) is 6.09. The molecule has 4 rings (SSSR count). The Morgan fingerprint density at radius 3 is 2.69 bits per heavy atom. The highest BCUT2D eigenvalue weighted by molar-refractivity contribution is 5.86. The molecule has 2 aromatic rings. The second-order valence-electron chi connectivity index (χ2n) is 8.47. The van der Waals surface area contributed by atoms with E-state index < -0.39 is 5.60 Å². The van der Waals surface area contributed by atoms with Crippen LogP contribution in [0.1, 0.15) is 23.4 Å². The van der Waals surface area contributed by atoms with E-state index in [4.69, 9.17) is 9.47 Å². The monoisotopic (exact) mass is 436 g/mol. The van der Waals surface area contributed by atoms with Crippen LogP contribution >= 0.6 is 0 Å². The summed E-state index contributed by atoms with van der Waals surface area (Å²) in [6, 6.07) is 10.3. The van der Waals surface area contributed by atoms with Crippen LogP contribution in [-0.2, 0) is 33.7 Å². The van der Waals surface area contributed by atoms with Gasteiger partial charge in [-0.2, -0.15) is 0 Å². The Balaban J connectivity index is 1.40. The summed E-state index contributed by atoms with van der Waals surface area (Å²) in [5, 5.41) is 0. The lowest BCUT2D eigenvalue weighted by Gasteiger charge is -2.42. The number of carbonyl (C=O) groups excluding carboxylic acids is 1. The Labute approximate surface area is 190 Å². The first-order valence-corrected chi connectivity index (χ1v) is 11.3. The molecule has 1 atom stereocenters. The van der Waals surface area contributed by atoms with Gasteiger partial charge in [0.05, 0.1) is 13.2 Å². The molecule has 2 aliphatic rings. The summed E-state index contributed by atoms with van der Waals surface area (Å²) in [6.45, 7) is 4.54. The van der Waals surface area contributed by atoms with Gasteiger partial charge in [-0.1, -0.05) is 42.5 Å². The Morgan fingerprint density at radius 1 is 1.09 bits per heavy atom. The van der Waals surface area contributed by atoms with Crippen molar-refractivity contribution in [2.24, 2.45) is 0 Å². The van der Waals surface area contributed by atoms with Gasteiger partial charge in [0.15, 0.2) is 5.60 Å². The molecule has 170 valence electrons. The zero-order chi connectivity index (χ0) is 22.2. The molecule has 2 aliphatic heterocycles. The molecule has 1 saturated heterocycles. The molecule has 1 amide bonds. The Bertz CT molecular complexity index is 903. The normalized spacial score (nSPS) is 21.8. The van der Waals surface area contributed by atoms with Crippen LogP contribution in [0.5, 0.6) is 0 Å². The van der Waals surface area contributed by atoms with E-state index in [9.17, 15) is 4.79 Å². The maximum atomic E-state index is 13.6. The van der Waals surface area contributed by atoms with Crippen molar-refractivity contribution < 1.29 is 14.3 Å². The lowest BCUT2D eigenvalue weighted by molar-refractivity contribution is -0.170. The second kappa shape index (κ2) is 10.8. The van der Waals surface area contributed by atoms with Gasteiger partial charge in [-0.25, -0.2) is 9.97 Å². The molecule has 0 bridgehead atoms. The highest BCUT2D eigenvalue weighted by atomic mass is 16.5. The number of hydrogen-bond donors (Lipinski definition) is 0. The third-order valence-electron chi connectivity index (χ3n) is 6.09. The van der Waals surface area contributed by atoms with E-state index in [2.05, 4.69) is 39.2 Å². The minimum absolute atomic E-state index is 0.0919. The molecular formula is C25H32N4O3. The van der Waals surface area contributed by atoms with E-state index in [0.717, 1.165) is 24.4 Å². The standard InChI is InChI=1S/C25H32N4O3/c1-31-15-10-23-26-17-22(18-27-23)19-28-14-16-32-25(20-28)11-5-6-12-29(24(25)30)13-9-21-7-3-2-4-8-21/h2-8,17-18H,9-16,19-20H2,1H3. The van der Waals surface area contributed by atoms with E-state index in [0.29, 0.717) is 52.2 Å². The summed E-state index contributed by atoms with van der Waals surface area (Å²) >= 11 is 0. The SMILES string of the molecule is COCCc1ncc(CN2CCOC3(CC=CCN(CCc4ccccc4)C3=O)C2)cn1. The van der Waals surface area contributed by atoms with Gasteiger partial charge >= 0.3 is 0 Å². The van der Waals surface area contributed by atoms with Gasteiger partial charge in [0, 0.05) is 70.6 Å². The van der Waals surface area contributed by atoms with Crippen LogP contribution in [0.2, 0.25) is 0 Å². The van der Waals surface area contributed by atoms with Crippen molar-refractivity contribution in [2.75, 3.05) is 46.5 Å². The van der Waals surface area contributed by atoms with E-state index in [-0.39, 0.29) is 5.91 Å². The fraction of sp³-hybridized carbons (Fsp3) is 0.480. The van der Waals surface area contributed by atoms with Crippen LogP contribution in [0.25, 0.3) is 0 Å². The summed E-state index contributed by atoms with van der Waals surface area (Å²) in [6.07, 6.45) is 10.1. The highest BCUT2D eigenvalue weighted by Crippen LogP contribution is 2.28. The van der Waals surface area contributed by atoms with Gasteiger partial charge in [0.25, 0.3) is 5.91 Å². The molecule has 32 heavy (non-hydrogen) atoms. The summed E-state index contributed by atoms with van der Waals surface area (Å²) in [5.74, 6) is 0.876. The predicted octanol–water partition coefficient (Wildman–Crippen LogP) is 2.27.